The number of hydrogen-bond acceptors (Lipinski definition) is 5. The maximum absolute atomic E-state index is 12.1. The monoisotopic (exact) mass is 309 g/mol. The summed E-state index contributed by atoms with van der Waals surface area (Å²) in [7, 11) is -3.53. The molecule has 21 heavy (non-hydrogen) atoms. The largest absolute Gasteiger partial charge is 0.370 e. The summed E-state index contributed by atoms with van der Waals surface area (Å²) in [6.45, 7) is 3.16. The fraction of sp³-hybridized carbons (Fsp3) is 0.385. The summed E-state index contributed by atoms with van der Waals surface area (Å²) >= 11 is 0. The molecule has 0 spiro atoms. The van der Waals surface area contributed by atoms with Crippen LogP contribution in [-0.4, -0.2) is 36.5 Å². The molecule has 8 heteroatoms. The first-order chi connectivity index (χ1) is 10.1. The van der Waals surface area contributed by atoms with Crippen molar-refractivity contribution in [3.8, 4) is 0 Å². The van der Waals surface area contributed by atoms with Crippen molar-refractivity contribution >= 4 is 15.8 Å². The number of H-pyrrole nitrogens is 1. The van der Waals surface area contributed by atoms with Crippen LogP contribution in [0.3, 0.4) is 0 Å². The topological polar surface area (TPSA) is 99.8 Å². The third-order valence-corrected chi connectivity index (χ3v) is 4.29. The quantitative estimate of drug-likeness (QED) is 0.679. The minimum atomic E-state index is -3.53. The molecule has 0 aliphatic carbocycles. The van der Waals surface area contributed by atoms with Crippen molar-refractivity contribution < 1.29 is 8.42 Å². The minimum Gasteiger partial charge on any atom is -0.370 e. The van der Waals surface area contributed by atoms with Crippen LogP contribution in [0.4, 0.5) is 5.82 Å². The number of aromatic nitrogens is 3. The molecular formula is C13H19N5O2S. The number of aromatic amines is 1. The van der Waals surface area contributed by atoms with E-state index in [0.29, 0.717) is 18.8 Å². The number of rotatable bonds is 8. The summed E-state index contributed by atoms with van der Waals surface area (Å²) in [6.07, 6.45) is 6.13. The van der Waals surface area contributed by atoms with Crippen LogP contribution in [0.2, 0.25) is 0 Å². The highest BCUT2D eigenvalue weighted by atomic mass is 32.2. The molecule has 0 atom stereocenters. The Morgan fingerprint density at radius 2 is 2.10 bits per heavy atom. The molecule has 0 amide bonds. The summed E-state index contributed by atoms with van der Waals surface area (Å²) in [5.74, 6) is 0.674. The minimum absolute atomic E-state index is 0.161. The first kappa shape index (κ1) is 15.5. The van der Waals surface area contributed by atoms with Gasteiger partial charge in [-0.05, 0) is 18.6 Å². The molecule has 0 aliphatic heterocycles. The Balaban J connectivity index is 1.92. The number of pyridine rings is 1. The van der Waals surface area contributed by atoms with Crippen LogP contribution in [0.1, 0.15) is 19.0 Å². The summed E-state index contributed by atoms with van der Waals surface area (Å²) < 4.78 is 26.7. The van der Waals surface area contributed by atoms with Gasteiger partial charge in [0.05, 0.1) is 6.33 Å². The van der Waals surface area contributed by atoms with Gasteiger partial charge in [0.25, 0.3) is 0 Å². The van der Waals surface area contributed by atoms with E-state index in [-0.39, 0.29) is 4.90 Å². The molecule has 114 valence electrons. The average Bonchev–Trinajstić information content (AvgIpc) is 2.98. The van der Waals surface area contributed by atoms with Crippen LogP contribution in [0.15, 0.2) is 35.7 Å². The third-order valence-electron chi connectivity index (χ3n) is 2.84. The van der Waals surface area contributed by atoms with Crippen LogP contribution < -0.4 is 10.0 Å². The van der Waals surface area contributed by atoms with Gasteiger partial charge in [0.1, 0.15) is 10.7 Å². The smallest absolute Gasteiger partial charge is 0.242 e. The number of hydrogen-bond donors (Lipinski definition) is 3. The third kappa shape index (κ3) is 4.54. The van der Waals surface area contributed by atoms with Crippen molar-refractivity contribution in [3.05, 3.63) is 36.5 Å². The summed E-state index contributed by atoms with van der Waals surface area (Å²) in [5.41, 5.74) is 0.884. The van der Waals surface area contributed by atoms with Crippen molar-refractivity contribution in [1.82, 2.24) is 19.7 Å². The van der Waals surface area contributed by atoms with Gasteiger partial charge in [0.15, 0.2) is 0 Å². The van der Waals surface area contributed by atoms with Gasteiger partial charge in [-0.3, -0.25) is 0 Å². The van der Waals surface area contributed by atoms with Crippen molar-refractivity contribution in [2.45, 2.75) is 24.7 Å². The van der Waals surface area contributed by atoms with E-state index < -0.39 is 10.0 Å². The lowest BCUT2D eigenvalue weighted by molar-refractivity contribution is 0.581. The van der Waals surface area contributed by atoms with Crippen molar-refractivity contribution in [2.24, 2.45) is 0 Å². The Kier molecular flexibility index (Phi) is 5.29. The van der Waals surface area contributed by atoms with E-state index in [1.807, 2.05) is 0 Å². The molecule has 0 unspecified atom stereocenters. The van der Waals surface area contributed by atoms with Gasteiger partial charge in [-0.1, -0.05) is 6.92 Å². The molecule has 0 radical (unpaired) electrons. The van der Waals surface area contributed by atoms with Gasteiger partial charge in [-0.2, -0.15) is 0 Å². The van der Waals surface area contributed by atoms with Crippen LogP contribution in [-0.2, 0) is 16.4 Å². The molecule has 2 heterocycles. The van der Waals surface area contributed by atoms with Gasteiger partial charge in [0, 0.05) is 37.6 Å². The van der Waals surface area contributed by atoms with Crippen LogP contribution in [0, 0.1) is 0 Å². The summed E-state index contributed by atoms with van der Waals surface area (Å²) in [6, 6.07) is 3.21. The van der Waals surface area contributed by atoms with E-state index in [0.717, 1.165) is 18.7 Å². The molecular weight excluding hydrogens is 290 g/mol. The van der Waals surface area contributed by atoms with E-state index in [2.05, 4.69) is 31.9 Å². The standard InChI is InChI=1S/C13H19N5O2S/c1-2-6-15-13-4-3-12(9-16-13)21(19,20)18-7-5-11-8-14-10-17-11/h3-4,8-10,18H,2,5-7H2,1H3,(H,14,17)(H,15,16). The normalized spacial score (nSPS) is 11.5. The zero-order valence-electron chi connectivity index (χ0n) is 11.8. The fourth-order valence-corrected chi connectivity index (χ4v) is 2.70. The van der Waals surface area contributed by atoms with E-state index in [1.54, 1.807) is 24.7 Å². The zero-order chi connectivity index (χ0) is 15.1. The predicted octanol–water partition coefficient (Wildman–Crippen LogP) is 1.15. The Hall–Kier alpha value is -1.93. The molecule has 0 saturated heterocycles. The average molecular weight is 309 g/mol. The highest BCUT2D eigenvalue weighted by Gasteiger charge is 2.13. The Morgan fingerprint density at radius 3 is 2.71 bits per heavy atom. The lowest BCUT2D eigenvalue weighted by atomic mass is 10.3. The van der Waals surface area contributed by atoms with Crippen LogP contribution in [0.25, 0.3) is 0 Å². The fourth-order valence-electron chi connectivity index (χ4n) is 1.72. The molecule has 3 N–H and O–H groups in total. The van der Waals surface area contributed by atoms with E-state index in [9.17, 15) is 8.42 Å². The van der Waals surface area contributed by atoms with E-state index in [1.165, 1.54) is 6.20 Å². The van der Waals surface area contributed by atoms with E-state index >= 15 is 0 Å². The van der Waals surface area contributed by atoms with Crippen LogP contribution in [0.5, 0.6) is 0 Å². The summed E-state index contributed by atoms with van der Waals surface area (Å²) in [4.78, 5) is 11.1. The Labute approximate surface area is 124 Å². The second-order valence-corrected chi connectivity index (χ2v) is 6.30. The van der Waals surface area contributed by atoms with Gasteiger partial charge < -0.3 is 10.3 Å². The molecule has 2 aromatic rings. The molecule has 0 aliphatic rings. The molecule has 2 rings (SSSR count). The van der Waals surface area contributed by atoms with Crippen molar-refractivity contribution in [1.29, 1.82) is 0 Å². The van der Waals surface area contributed by atoms with Gasteiger partial charge in [-0.25, -0.2) is 23.1 Å². The maximum atomic E-state index is 12.1. The SMILES string of the molecule is CCCNc1ccc(S(=O)(=O)NCCc2cnc[nH]2)cn1. The maximum Gasteiger partial charge on any atom is 0.242 e. The lowest BCUT2D eigenvalue weighted by Crippen LogP contribution is -2.26. The summed E-state index contributed by atoms with van der Waals surface area (Å²) in [5, 5.41) is 3.10. The molecule has 0 saturated carbocycles. The predicted molar refractivity (Wildman–Crippen MR) is 80.5 cm³/mol. The van der Waals surface area contributed by atoms with Gasteiger partial charge in [-0.15, -0.1) is 0 Å². The molecule has 0 fully saturated rings. The number of nitrogens with zero attached hydrogens (tertiary/aromatic N) is 2. The van der Waals surface area contributed by atoms with E-state index in [4.69, 9.17) is 0 Å². The number of anilines is 1. The lowest BCUT2D eigenvalue weighted by Gasteiger charge is -2.07. The number of sulfonamides is 1. The van der Waals surface area contributed by atoms with Crippen LogP contribution >= 0.6 is 0 Å². The van der Waals surface area contributed by atoms with Crippen molar-refractivity contribution in [3.63, 3.8) is 0 Å². The number of imidazole rings is 1. The number of nitrogens with one attached hydrogen (secondary N) is 3. The Bertz CT molecular complexity index is 638. The second-order valence-electron chi connectivity index (χ2n) is 4.53. The zero-order valence-corrected chi connectivity index (χ0v) is 12.7. The first-order valence-electron chi connectivity index (χ1n) is 6.78. The molecule has 0 bridgehead atoms. The van der Waals surface area contributed by atoms with Gasteiger partial charge in [0.2, 0.25) is 10.0 Å². The van der Waals surface area contributed by atoms with Gasteiger partial charge >= 0.3 is 0 Å². The molecule has 0 aromatic carbocycles. The van der Waals surface area contributed by atoms with Crippen molar-refractivity contribution in [2.75, 3.05) is 18.4 Å². The Morgan fingerprint density at radius 1 is 1.24 bits per heavy atom. The highest BCUT2D eigenvalue weighted by Crippen LogP contribution is 2.10. The molecule has 2 aromatic heterocycles. The first-order valence-corrected chi connectivity index (χ1v) is 8.27. The second kappa shape index (κ2) is 7.19. The highest BCUT2D eigenvalue weighted by molar-refractivity contribution is 7.89. The molecule has 7 nitrogen and oxygen atoms in total.